The molecule has 3 rings (SSSR count). The van der Waals surface area contributed by atoms with Crippen LogP contribution in [0, 0.1) is 12.3 Å². The molecule has 0 aliphatic heterocycles. The van der Waals surface area contributed by atoms with Gasteiger partial charge in [0.2, 0.25) is 0 Å². The van der Waals surface area contributed by atoms with Crippen LogP contribution in [0.1, 0.15) is 21.5 Å². The van der Waals surface area contributed by atoms with Gasteiger partial charge in [0.15, 0.2) is 0 Å². The molecule has 0 aliphatic rings. The van der Waals surface area contributed by atoms with Crippen LogP contribution in [0.15, 0.2) is 72.8 Å². The quantitative estimate of drug-likeness (QED) is 0.441. The Morgan fingerprint density at radius 1 is 1.03 bits per heavy atom. The zero-order valence-electron chi connectivity index (χ0n) is 17.0. The van der Waals surface area contributed by atoms with E-state index in [2.05, 4.69) is 22.2 Å². The number of nitrogen functional groups attached to an aromatic ring is 1. The van der Waals surface area contributed by atoms with Gasteiger partial charge in [-0.1, -0.05) is 42.3 Å². The summed E-state index contributed by atoms with van der Waals surface area (Å²) in [6, 6.07) is 22.6. The first-order chi connectivity index (χ1) is 14.6. The number of nitrogens with one attached hydrogen (secondary N) is 1. The molecule has 0 bridgehead atoms. The molecule has 0 spiro atoms. The van der Waals surface area contributed by atoms with Gasteiger partial charge in [-0.3, -0.25) is 9.69 Å². The van der Waals surface area contributed by atoms with E-state index in [1.165, 1.54) is 0 Å². The highest BCUT2D eigenvalue weighted by atomic mass is 16.5. The summed E-state index contributed by atoms with van der Waals surface area (Å²) in [6.45, 7) is 1.90. The van der Waals surface area contributed by atoms with Gasteiger partial charge < -0.3 is 15.8 Å². The highest BCUT2D eigenvalue weighted by Gasteiger charge is 2.10. The Balaban J connectivity index is 1.65. The number of carbonyl (C=O) groups is 1. The first-order valence-electron chi connectivity index (χ1n) is 9.62. The van der Waals surface area contributed by atoms with E-state index in [0.29, 0.717) is 36.6 Å². The van der Waals surface area contributed by atoms with Gasteiger partial charge in [-0.15, -0.1) is 6.42 Å². The molecule has 5 nitrogen and oxygen atoms in total. The molecule has 0 saturated heterocycles. The van der Waals surface area contributed by atoms with Crippen LogP contribution >= 0.6 is 0 Å². The zero-order chi connectivity index (χ0) is 21.3. The second-order valence-electron chi connectivity index (χ2n) is 6.94. The molecule has 0 unspecified atom stereocenters. The van der Waals surface area contributed by atoms with Crippen molar-refractivity contribution >= 4 is 17.3 Å². The lowest BCUT2D eigenvalue weighted by atomic mass is 10.1. The van der Waals surface area contributed by atoms with Crippen LogP contribution in [0.3, 0.4) is 0 Å². The molecule has 3 aromatic rings. The average molecular weight is 399 g/mol. The van der Waals surface area contributed by atoms with Crippen LogP contribution in [0.5, 0.6) is 5.75 Å². The number of rotatable bonds is 8. The van der Waals surface area contributed by atoms with Crippen molar-refractivity contribution in [3.63, 3.8) is 0 Å². The van der Waals surface area contributed by atoms with Gasteiger partial charge in [0.25, 0.3) is 5.91 Å². The van der Waals surface area contributed by atoms with Gasteiger partial charge in [0.05, 0.1) is 25.0 Å². The Kier molecular flexibility index (Phi) is 7.09. The molecule has 30 heavy (non-hydrogen) atoms. The van der Waals surface area contributed by atoms with Crippen molar-refractivity contribution in [1.29, 1.82) is 0 Å². The summed E-state index contributed by atoms with van der Waals surface area (Å²) in [4.78, 5) is 14.6. The smallest absolute Gasteiger partial charge is 0.255 e. The minimum atomic E-state index is -0.198. The number of nitrogens with zero attached hydrogens (tertiary/aromatic N) is 1. The number of para-hydroxylation sites is 2. The summed E-state index contributed by atoms with van der Waals surface area (Å²) in [5, 5.41) is 2.84. The molecular weight excluding hydrogens is 374 g/mol. The molecule has 0 saturated carbocycles. The van der Waals surface area contributed by atoms with Crippen molar-refractivity contribution in [2.45, 2.75) is 13.1 Å². The van der Waals surface area contributed by atoms with Crippen LogP contribution in [0.25, 0.3) is 0 Å². The van der Waals surface area contributed by atoms with Crippen LogP contribution in [0.2, 0.25) is 0 Å². The van der Waals surface area contributed by atoms with Crippen molar-refractivity contribution in [2.75, 3.05) is 24.7 Å². The fraction of sp³-hybridized carbons (Fsp3) is 0.160. The summed E-state index contributed by atoms with van der Waals surface area (Å²) in [5.74, 6) is 3.34. The maximum Gasteiger partial charge on any atom is 0.255 e. The lowest BCUT2D eigenvalue weighted by Gasteiger charge is -2.20. The molecular formula is C25H25N3O2. The van der Waals surface area contributed by atoms with Gasteiger partial charge in [0, 0.05) is 18.7 Å². The number of nitrogens with two attached hydrogens (primary N) is 1. The van der Waals surface area contributed by atoms with Gasteiger partial charge in [0.1, 0.15) is 5.75 Å². The maximum absolute atomic E-state index is 12.5. The third-order valence-corrected chi connectivity index (χ3v) is 4.69. The standard InChI is InChI=1S/C25H25N3O2/c1-3-15-28(18-20-7-6-8-22(16-20)30-2)17-19-11-13-21(14-12-19)25(29)27-24-10-5-4-9-23(24)26/h1,4-14,16H,15,17-18,26H2,2H3,(H,27,29). The largest absolute Gasteiger partial charge is 0.497 e. The van der Waals surface area contributed by atoms with Crippen LogP contribution in [-0.2, 0) is 13.1 Å². The Morgan fingerprint density at radius 2 is 1.77 bits per heavy atom. The van der Waals surface area contributed by atoms with Crippen LogP contribution in [0.4, 0.5) is 11.4 Å². The Bertz CT molecular complexity index is 1040. The fourth-order valence-corrected chi connectivity index (χ4v) is 3.15. The second-order valence-corrected chi connectivity index (χ2v) is 6.94. The summed E-state index contributed by atoms with van der Waals surface area (Å²) in [7, 11) is 1.65. The Labute approximate surface area is 177 Å². The summed E-state index contributed by atoms with van der Waals surface area (Å²) < 4.78 is 5.30. The number of carbonyl (C=O) groups excluding carboxylic acids is 1. The molecule has 3 aromatic carbocycles. The molecule has 0 aromatic heterocycles. The van der Waals surface area contributed by atoms with E-state index in [4.69, 9.17) is 16.9 Å². The normalized spacial score (nSPS) is 10.4. The number of methoxy groups -OCH3 is 1. The highest BCUT2D eigenvalue weighted by Crippen LogP contribution is 2.19. The van der Waals surface area contributed by atoms with Crippen molar-refractivity contribution in [3.8, 4) is 18.1 Å². The van der Waals surface area contributed by atoms with Gasteiger partial charge in [-0.2, -0.15) is 0 Å². The van der Waals surface area contributed by atoms with Crippen molar-refractivity contribution < 1.29 is 9.53 Å². The minimum Gasteiger partial charge on any atom is -0.497 e. The van der Waals surface area contributed by atoms with E-state index in [9.17, 15) is 4.79 Å². The first kappa shape index (κ1) is 21.0. The number of anilines is 2. The molecule has 3 N–H and O–H groups in total. The van der Waals surface area contributed by atoms with E-state index >= 15 is 0 Å². The van der Waals surface area contributed by atoms with Crippen molar-refractivity contribution in [2.24, 2.45) is 0 Å². The number of hydrogen-bond acceptors (Lipinski definition) is 4. The van der Waals surface area contributed by atoms with E-state index in [1.807, 2.05) is 54.6 Å². The van der Waals surface area contributed by atoms with Crippen molar-refractivity contribution in [1.82, 2.24) is 4.90 Å². The summed E-state index contributed by atoms with van der Waals surface area (Å²) in [5.41, 5.74) is 9.79. The van der Waals surface area contributed by atoms with E-state index in [-0.39, 0.29) is 5.91 Å². The first-order valence-corrected chi connectivity index (χ1v) is 9.62. The van der Waals surface area contributed by atoms with Crippen molar-refractivity contribution in [3.05, 3.63) is 89.5 Å². The number of benzene rings is 3. The monoisotopic (exact) mass is 399 g/mol. The summed E-state index contributed by atoms with van der Waals surface area (Å²) >= 11 is 0. The Morgan fingerprint density at radius 3 is 2.47 bits per heavy atom. The third kappa shape index (κ3) is 5.63. The maximum atomic E-state index is 12.5. The van der Waals surface area contributed by atoms with E-state index in [1.54, 1.807) is 19.2 Å². The molecule has 1 amide bonds. The summed E-state index contributed by atoms with van der Waals surface area (Å²) in [6.07, 6.45) is 5.56. The lowest BCUT2D eigenvalue weighted by Crippen LogP contribution is -2.23. The average Bonchev–Trinajstić information content (AvgIpc) is 2.76. The van der Waals surface area contributed by atoms with Gasteiger partial charge in [-0.25, -0.2) is 0 Å². The second kappa shape index (κ2) is 10.1. The number of terminal acetylenes is 1. The number of hydrogen-bond donors (Lipinski definition) is 2. The third-order valence-electron chi connectivity index (χ3n) is 4.69. The minimum absolute atomic E-state index is 0.198. The van der Waals surface area contributed by atoms with Gasteiger partial charge in [-0.05, 0) is 47.5 Å². The molecule has 0 aliphatic carbocycles. The molecule has 0 heterocycles. The number of amides is 1. The predicted octanol–water partition coefficient (Wildman–Crippen LogP) is 4.17. The predicted molar refractivity (Wildman–Crippen MR) is 121 cm³/mol. The van der Waals surface area contributed by atoms with E-state index in [0.717, 1.165) is 16.9 Å². The SMILES string of the molecule is C#CCN(Cc1ccc(C(=O)Nc2ccccc2N)cc1)Cc1cccc(OC)c1. The van der Waals surface area contributed by atoms with Crippen LogP contribution < -0.4 is 15.8 Å². The van der Waals surface area contributed by atoms with Gasteiger partial charge >= 0.3 is 0 Å². The molecule has 5 heteroatoms. The molecule has 0 fully saturated rings. The molecule has 0 atom stereocenters. The zero-order valence-corrected chi connectivity index (χ0v) is 17.0. The number of ether oxygens (including phenoxy) is 1. The Hall–Kier alpha value is -3.75. The fourth-order valence-electron chi connectivity index (χ4n) is 3.15. The topological polar surface area (TPSA) is 67.6 Å². The lowest BCUT2D eigenvalue weighted by molar-refractivity contribution is 0.102. The van der Waals surface area contributed by atoms with Crippen LogP contribution in [-0.4, -0.2) is 24.5 Å². The molecule has 152 valence electrons. The molecule has 0 radical (unpaired) electrons. The highest BCUT2D eigenvalue weighted by molar-refractivity contribution is 6.05. The van der Waals surface area contributed by atoms with E-state index < -0.39 is 0 Å².